The number of pyridine rings is 1. The zero-order chi connectivity index (χ0) is 13.4. The maximum Gasteiger partial charge on any atom is 0.314 e. The lowest BCUT2D eigenvalue weighted by Crippen LogP contribution is -2.36. The lowest BCUT2D eigenvalue weighted by molar-refractivity contribution is -0.136. The Labute approximate surface area is 106 Å². The van der Waals surface area contributed by atoms with Crippen molar-refractivity contribution in [2.75, 3.05) is 32.5 Å². The lowest BCUT2D eigenvalue weighted by atomic mass is 10.4. The van der Waals surface area contributed by atoms with Gasteiger partial charge in [0.25, 0.3) is 0 Å². The first kappa shape index (κ1) is 14.1. The number of amides is 2. The number of hydrogen-bond acceptors (Lipinski definition) is 4. The molecule has 0 spiro atoms. The van der Waals surface area contributed by atoms with E-state index in [1.807, 2.05) is 19.0 Å². The molecule has 6 heteroatoms. The van der Waals surface area contributed by atoms with Crippen LogP contribution in [0.15, 0.2) is 24.4 Å². The Kier molecular flexibility index (Phi) is 5.79. The number of carbonyl (C=O) groups excluding carboxylic acids is 2. The van der Waals surface area contributed by atoms with Gasteiger partial charge in [0.2, 0.25) is 0 Å². The van der Waals surface area contributed by atoms with Gasteiger partial charge in [-0.15, -0.1) is 0 Å². The van der Waals surface area contributed by atoms with Crippen molar-refractivity contribution in [1.29, 1.82) is 0 Å². The SMILES string of the molecule is CN(C)CCCNC(=O)C(=O)Nc1ccccn1. The van der Waals surface area contributed by atoms with E-state index < -0.39 is 11.8 Å². The van der Waals surface area contributed by atoms with Gasteiger partial charge in [0.15, 0.2) is 0 Å². The van der Waals surface area contributed by atoms with Crippen LogP contribution in [-0.4, -0.2) is 48.9 Å². The summed E-state index contributed by atoms with van der Waals surface area (Å²) in [6, 6.07) is 5.09. The average molecular weight is 250 g/mol. The minimum Gasteiger partial charge on any atom is -0.348 e. The van der Waals surface area contributed by atoms with Crippen LogP contribution in [0.2, 0.25) is 0 Å². The van der Waals surface area contributed by atoms with E-state index in [1.165, 1.54) is 0 Å². The van der Waals surface area contributed by atoms with Crippen molar-refractivity contribution in [1.82, 2.24) is 15.2 Å². The standard InChI is InChI=1S/C12H18N4O2/c1-16(2)9-5-8-14-11(17)12(18)15-10-6-3-4-7-13-10/h3-4,6-7H,5,8-9H2,1-2H3,(H,14,17)(H,13,15,18). The molecule has 0 saturated carbocycles. The normalized spacial score (nSPS) is 10.2. The number of rotatable bonds is 5. The van der Waals surface area contributed by atoms with Crippen LogP contribution in [0.3, 0.4) is 0 Å². The highest BCUT2D eigenvalue weighted by Crippen LogP contribution is 1.98. The van der Waals surface area contributed by atoms with Crippen LogP contribution in [0.5, 0.6) is 0 Å². The van der Waals surface area contributed by atoms with Gasteiger partial charge in [0.05, 0.1) is 0 Å². The van der Waals surface area contributed by atoms with Gasteiger partial charge in [-0.1, -0.05) is 6.07 Å². The first-order chi connectivity index (χ1) is 8.59. The van der Waals surface area contributed by atoms with Crippen LogP contribution in [0.25, 0.3) is 0 Å². The third kappa shape index (κ3) is 5.40. The summed E-state index contributed by atoms with van der Waals surface area (Å²) in [5.74, 6) is -0.969. The van der Waals surface area contributed by atoms with E-state index in [0.29, 0.717) is 12.4 Å². The number of anilines is 1. The van der Waals surface area contributed by atoms with Crippen molar-refractivity contribution in [2.45, 2.75) is 6.42 Å². The highest BCUT2D eigenvalue weighted by molar-refractivity contribution is 6.39. The molecule has 2 amide bonds. The quantitative estimate of drug-likeness (QED) is 0.573. The number of carbonyl (C=O) groups is 2. The average Bonchev–Trinajstić information content (AvgIpc) is 2.35. The molecule has 0 aliphatic rings. The van der Waals surface area contributed by atoms with Crippen molar-refractivity contribution in [3.63, 3.8) is 0 Å². The Bertz CT molecular complexity index is 392. The molecule has 0 unspecified atom stereocenters. The largest absolute Gasteiger partial charge is 0.348 e. The van der Waals surface area contributed by atoms with E-state index in [9.17, 15) is 9.59 Å². The van der Waals surface area contributed by atoms with Crippen LogP contribution in [-0.2, 0) is 9.59 Å². The van der Waals surface area contributed by atoms with Crippen molar-refractivity contribution in [2.24, 2.45) is 0 Å². The van der Waals surface area contributed by atoms with Crippen LogP contribution < -0.4 is 10.6 Å². The molecule has 0 aliphatic carbocycles. The third-order valence-electron chi connectivity index (χ3n) is 2.18. The maximum absolute atomic E-state index is 11.5. The second-order valence-corrected chi connectivity index (χ2v) is 4.08. The summed E-state index contributed by atoms with van der Waals surface area (Å²) in [5, 5.41) is 4.97. The van der Waals surface area contributed by atoms with Crippen molar-refractivity contribution in [3.8, 4) is 0 Å². The molecule has 0 atom stereocenters. The molecule has 1 heterocycles. The zero-order valence-electron chi connectivity index (χ0n) is 10.6. The van der Waals surface area contributed by atoms with E-state index in [1.54, 1.807) is 24.4 Å². The molecule has 0 aliphatic heterocycles. The summed E-state index contributed by atoms with van der Waals surface area (Å²) in [7, 11) is 3.91. The predicted octanol–water partition coefficient (Wildman–Crippen LogP) is 0.0880. The molecule has 0 radical (unpaired) electrons. The van der Waals surface area contributed by atoms with Crippen LogP contribution >= 0.6 is 0 Å². The highest BCUT2D eigenvalue weighted by Gasteiger charge is 2.12. The molecular formula is C12H18N4O2. The minimum atomic E-state index is -0.696. The van der Waals surface area contributed by atoms with Crippen LogP contribution in [0, 0.1) is 0 Å². The molecule has 6 nitrogen and oxygen atoms in total. The summed E-state index contributed by atoms with van der Waals surface area (Å²) < 4.78 is 0. The van der Waals surface area contributed by atoms with Crippen LogP contribution in [0.1, 0.15) is 6.42 Å². The molecule has 98 valence electrons. The molecule has 0 bridgehead atoms. The Morgan fingerprint density at radius 2 is 2.06 bits per heavy atom. The number of hydrogen-bond donors (Lipinski definition) is 2. The molecule has 1 aromatic heterocycles. The second-order valence-electron chi connectivity index (χ2n) is 4.08. The van der Waals surface area contributed by atoms with Gasteiger partial charge >= 0.3 is 11.8 Å². The number of aromatic nitrogens is 1. The third-order valence-corrected chi connectivity index (χ3v) is 2.18. The molecule has 1 aromatic rings. The lowest BCUT2D eigenvalue weighted by Gasteiger charge is -2.09. The van der Waals surface area contributed by atoms with E-state index in [0.717, 1.165) is 13.0 Å². The summed E-state index contributed by atoms with van der Waals surface area (Å²) in [6.45, 7) is 1.34. The topological polar surface area (TPSA) is 74.3 Å². The molecule has 0 aromatic carbocycles. The summed E-state index contributed by atoms with van der Waals surface area (Å²) in [4.78, 5) is 28.8. The van der Waals surface area contributed by atoms with E-state index in [-0.39, 0.29) is 0 Å². The summed E-state index contributed by atoms with van der Waals surface area (Å²) in [6.07, 6.45) is 2.35. The molecule has 18 heavy (non-hydrogen) atoms. The van der Waals surface area contributed by atoms with Gasteiger partial charge in [-0.05, 0) is 39.2 Å². The smallest absolute Gasteiger partial charge is 0.314 e. The van der Waals surface area contributed by atoms with Gasteiger partial charge in [0.1, 0.15) is 5.82 Å². The molecule has 1 rings (SSSR count). The number of nitrogens with one attached hydrogen (secondary N) is 2. The van der Waals surface area contributed by atoms with Gasteiger partial charge in [-0.2, -0.15) is 0 Å². The van der Waals surface area contributed by atoms with Crippen molar-refractivity contribution >= 4 is 17.6 Å². The molecule has 2 N–H and O–H groups in total. The van der Waals surface area contributed by atoms with Gasteiger partial charge in [-0.25, -0.2) is 4.98 Å². The van der Waals surface area contributed by atoms with Gasteiger partial charge in [-0.3, -0.25) is 9.59 Å². The van der Waals surface area contributed by atoms with E-state index >= 15 is 0 Å². The Morgan fingerprint density at radius 1 is 1.28 bits per heavy atom. The fourth-order valence-electron chi connectivity index (χ4n) is 1.29. The highest BCUT2D eigenvalue weighted by atomic mass is 16.2. The predicted molar refractivity (Wildman–Crippen MR) is 69.0 cm³/mol. The zero-order valence-corrected chi connectivity index (χ0v) is 10.6. The van der Waals surface area contributed by atoms with Crippen molar-refractivity contribution < 1.29 is 9.59 Å². The maximum atomic E-state index is 11.5. The van der Waals surface area contributed by atoms with E-state index in [4.69, 9.17) is 0 Å². The number of nitrogens with zero attached hydrogens (tertiary/aromatic N) is 2. The Hall–Kier alpha value is -1.95. The first-order valence-electron chi connectivity index (χ1n) is 5.74. The van der Waals surface area contributed by atoms with Gasteiger partial charge in [0, 0.05) is 12.7 Å². The monoisotopic (exact) mass is 250 g/mol. The van der Waals surface area contributed by atoms with Crippen molar-refractivity contribution in [3.05, 3.63) is 24.4 Å². The molecular weight excluding hydrogens is 232 g/mol. The first-order valence-corrected chi connectivity index (χ1v) is 5.74. The molecule has 0 fully saturated rings. The minimum absolute atomic E-state index is 0.367. The summed E-state index contributed by atoms with van der Waals surface area (Å²) >= 11 is 0. The Morgan fingerprint density at radius 3 is 2.67 bits per heavy atom. The molecule has 0 saturated heterocycles. The second kappa shape index (κ2) is 7.39. The fourth-order valence-corrected chi connectivity index (χ4v) is 1.29. The summed E-state index contributed by atoms with van der Waals surface area (Å²) in [5.41, 5.74) is 0. The fraction of sp³-hybridized carbons (Fsp3) is 0.417. The van der Waals surface area contributed by atoms with E-state index in [2.05, 4.69) is 15.6 Å². The van der Waals surface area contributed by atoms with Crippen LogP contribution in [0.4, 0.5) is 5.82 Å². The Balaban J connectivity index is 2.27. The van der Waals surface area contributed by atoms with Gasteiger partial charge < -0.3 is 15.5 Å².